The summed E-state index contributed by atoms with van der Waals surface area (Å²) in [5.74, 6) is -0.0902. The molecule has 2 nitrogen and oxygen atoms in total. The second-order valence-corrected chi connectivity index (χ2v) is 5.51. The molecule has 0 unspecified atom stereocenters. The highest BCUT2D eigenvalue weighted by Crippen LogP contribution is 2.30. The normalized spacial score (nSPS) is 10.5. The van der Waals surface area contributed by atoms with Crippen LogP contribution in [0.2, 0.25) is 10.0 Å². The molecule has 0 amide bonds. The number of carbonyl (C=O) groups is 1. The van der Waals surface area contributed by atoms with Gasteiger partial charge in [-0.1, -0.05) is 23.2 Å². The number of ketones is 1. The molecule has 0 aliphatic carbocycles. The number of thiophene rings is 1. The Balaban J connectivity index is 2.49. The minimum absolute atomic E-state index is 0.0902. The van der Waals surface area contributed by atoms with Gasteiger partial charge in [0, 0.05) is 16.0 Å². The van der Waals surface area contributed by atoms with Gasteiger partial charge in [-0.25, -0.2) is 0 Å². The summed E-state index contributed by atoms with van der Waals surface area (Å²) >= 11 is 13.3. The van der Waals surface area contributed by atoms with E-state index in [0.717, 1.165) is 4.88 Å². The molecular weight excluding hydrogens is 277 g/mol. The largest absolute Gasteiger partial charge is 0.396 e. The summed E-state index contributed by atoms with van der Waals surface area (Å²) in [6.45, 7) is 1.90. The molecule has 1 aromatic carbocycles. The van der Waals surface area contributed by atoms with Crippen molar-refractivity contribution in [3.8, 4) is 0 Å². The van der Waals surface area contributed by atoms with Crippen LogP contribution in [0, 0.1) is 6.92 Å². The van der Waals surface area contributed by atoms with Crippen LogP contribution in [0.3, 0.4) is 0 Å². The molecule has 5 heteroatoms. The molecule has 0 fully saturated rings. The van der Waals surface area contributed by atoms with Gasteiger partial charge in [-0.05, 0) is 30.5 Å². The Labute approximate surface area is 113 Å². The minimum atomic E-state index is -0.0902. The summed E-state index contributed by atoms with van der Waals surface area (Å²) in [7, 11) is 0. The molecule has 0 radical (unpaired) electrons. The summed E-state index contributed by atoms with van der Waals surface area (Å²) in [5.41, 5.74) is 7.05. The maximum absolute atomic E-state index is 12.2. The predicted octanol–water partition coefficient (Wildman–Crippen LogP) is 4.18. The zero-order chi connectivity index (χ0) is 12.6. The van der Waals surface area contributed by atoms with E-state index in [0.29, 0.717) is 26.9 Å². The summed E-state index contributed by atoms with van der Waals surface area (Å²) in [6.07, 6.45) is 0. The van der Waals surface area contributed by atoms with Crippen molar-refractivity contribution < 1.29 is 4.79 Å². The number of hydrogen-bond acceptors (Lipinski definition) is 3. The summed E-state index contributed by atoms with van der Waals surface area (Å²) in [5, 5.41) is 2.48. The number of nitrogen functional groups attached to an aromatic ring is 1. The molecule has 1 heterocycles. The van der Waals surface area contributed by atoms with Crippen molar-refractivity contribution in [3.63, 3.8) is 0 Å². The molecule has 17 heavy (non-hydrogen) atoms. The number of aryl methyl sites for hydroxylation is 1. The van der Waals surface area contributed by atoms with Crippen LogP contribution in [-0.2, 0) is 0 Å². The highest BCUT2D eigenvalue weighted by Gasteiger charge is 2.15. The highest BCUT2D eigenvalue weighted by atomic mass is 35.5. The number of nitrogens with two attached hydrogens (primary N) is 1. The molecular formula is C12H9Cl2NOS. The van der Waals surface area contributed by atoms with Gasteiger partial charge in [-0.2, -0.15) is 0 Å². The van der Waals surface area contributed by atoms with Crippen LogP contribution in [0.25, 0.3) is 0 Å². The molecule has 0 saturated heterocycles. The van der Waals surface area contributed by atoms with E-state index in [4.69, 9.17) is 28.9 Å². The third kappa shape index (κ3) is 2.32. The van der Waals surface area contributed by atoms with Gasteiger partial charge in [-0.3, -0.25) is 4.79 Å². The fourth-order valence-corrected chi connectivity index (χ4v) is 2.67. The van der Waals surface area contributed by atoms with Gasteiger partial charge in [0.1, 0.15) is 0 Å². The molecule has 2 N–H and O–H groups in total. The van der Waals surface area contributed by atoms with E-state index in [1.807, 2.05) is 12.3 Å². The first kappa shape index (κ1) is 12.4. The lowest BCUT2D eigenvalue weighted by molar-refractivity contribution is 0.103. The van der Waals surface area contributed by atoms with Crippen molar-refractivity contribution in [2.24, 2.45) is 0 Å². The fourth-order valence-electron chi connectivity index (χ4n) is 1.49. The molecule has 2 rings (SSSR count). The van der Waals surface area contributed by atoms with Crippen LogP contribution >= 0.6 is 34.5 Å². The number of carbonyl (C=O) groups excluding carboxylic acids is 1. The number of rotatable bonds is 2. The fraction of sp³-hybridized carbons (Fsp3) is 0.0833. The number of benzene rings is 1. The lowest BCUT2D eigenvalue weighted by Gasteiger charge is -2.05. The van der Waals surface area contributed by atoms with E-state index in [1.54, 1.807) is 18.2 Å². The van der Waals surface area contributed by atoms with Crippen molar-refractivity contribution >= 4 is 46.0 Å². The smallest absolute Gasteiger partial charge is 0.194 e. The molecule has 0 bridgehead atoms. The SMILES string of the molecule is Cc1sccc1C(=O)c1cc(Cl)c(N)c(Cl)c1. The first-order valence-electron chi connectivity index (χ1n) is 4.84. The number of anilines is 1. The van der Waals surface area contributed by atoms with Gasteiger partial charge >= 0.3 is 0 Å². The Bertz CT molecular complexity index is 569. The lowest BCUT2D eigenvalue weighted by atomic mass is 10.0. The van der Waals surface area contributed by atoms with E-state index >= 15 is 0 Å². The minimum Gasteiger partial charge on any atom is -0.396 e. The van der Waals surface area contributed by atoms with E-state index in [2.05, 4.69) is 0 Å². The molecule has 1 aromatic heterocycles. The number of hydrogen-bond donors (Lipinski definition) is 1. The van der Waals surface area contributed by atoms with Crippen LogP contribution in [0.1, 0.15) is 20.8 Å². The van der Waals surface area contributed by atoms with Gasteiger partial charge in [0.05, 0.1) is 15.7 Å². The Morgan fingerprint density at radius 3 is 2.35 bits per heavy atom. The Kier molecular flexibility index (Phi) is 3.43. The van der Waals surface area contributed by atoms with Gasteiger partial charge in [0.15, 0.2) is 5.78 Å². The van der Waals surface area contributed by atoms with Crippen molar-refractivity contribution in [2.45, 2.75) is 6.92 Å². The Morgan fingerprint density at radius 1 is 1.29 bits per heavy atom. The molecule has 0 saturated carbocycles. The second-order valence-electron chi connectivity index (χ2n) is 3.57. The average Bonchev–Trinajstić information content (AvgIpc) is 2.70. The lowest BCUT2D eigenvalue weighted by Crippen LogP contribution is -2.02. The monoisotopic (exact) mass is 285 g/mol. The standard InChI is InChI=1S/C12H9Cl2NOS/c1-6-8(2-3-17-6)12(16)7-4-9(13)11(15)10(14)5-7/h2-5H,15H2,1H3. The Hall–Kier alpha value is -1.03. The summed E-state index contributed by atoms with van der Waals surface area (Å²) in [4.78, 5) is 13.2. The summed E-state index contributed by atoms with van der Waals surface area (Å²) in [6, 6.07) is 4.88. The van der Waals surface area contributed by atoms with Crippen molar-refractivity contribution in [1.82, 2.24) is 0 Å². The molecule has 0 aliphatic heterocycles. The first-order valence-corrected chi connectivity index (χ1v) is 6.47. The predicted molar refractivity (Wildman–Crippen MR) is 73.4 cm³/mol. The molecule has 88 valence electrons. The average molecular weight is 286 g/mol. The van der Waals surface area contributed by atoms with Crippen molar-refractivity contribution in [2.75, 3.05) is 5.73 Å². The maximum atomic E-state index is 12.2. The molecule has 2 aromatic rings. The van der Waals surface area contributed by atoms with Crippen molar-refractivity contribution in [1.29, 1.82) is 0 Å². The van der Waals surface area contributed by atoms with E-state index in [9.17, 15) is 4.79 Å². The van der Waals surface area contributed by atoms with Gasteiger partial charge in [0.25, 0.3) is 0 Å². The molecule has 0 atom stereocenters. The van der Waals surface area contributed by atoms with Crippen LogP contribution in [0.15, 0.2) is 23.6 Å². The third-order valence-electron chi connectivity index (χ3n) is 2.44. The quantitative estimate of drug-likeness (QED) is 0.665. The van der Waals surface area contributed by atoms with E-state index < -0.39 is 0 Å². The molecule has 0 spiro atoms. The Morgan fingerprint density at radius 2 is 1.88 bits per heavy atom. The zero-order valence-corrected chi connectivity index (χ0v) is 11.3. The van der Waals surface area contributed by atoms with Crippen LogP contribution in [0.5, 0.6) is 0 Å². The van der Waals surface area contributed by atoms with Crippen LogP contribution < -0.4 is 5.73 Å². The molecule has 0 aliphatic rings. The van der Waals surface area contributed by atoms with Crippen LogP contribution in [-0.4, -0.2) is 5.78 Å². The third-order valence-corrected chi connectivity index (χ3v) is 3.92. The first-order chi connectivity index (χ1) is 8.00. The van der Waals surface area contributed by atoms with E-state index in [1.165, 1.54) is 11.3 Å². The number of halogens is 2. The maximum Gasteiger partial charge on any atom is 0.194 e. The van der Waals surface area contributed by atoms with Gasteiger partial charge < -0.3 is 5.73 Å². The van der Waals surface area contributed by atoms with Crippen molar-refractivity contribution in [3.05, 3.63) is 49.6 Å². The topological polar surface area (TPSA) is 43.1 Å². The summed E-state index contributed by atoms with van der Waals surface area (Å²) < 4.78 is 0. The highest BCUT2D eigenvalue weighted by molar-refractivity contribution is 7.10. The van der Waals surface area contributed by atoms with Crippen LogP contribution in [0.4, 0.5) is 5.69 Å². The second kappa shape index (κ2) is 4.69. The van der Waals surface area contributed by atoms with Gasteiger partial charge in [0.2, 0.25) is 0 Å². The van der Waals surface area contributed by atoms with Gasteiger partial charge in [-0.15, -0.1) is 11.3 Å². The van der Waals surface area contributed by atoms with E-state index in [-0.39, 0.29) is 5.78 Å². The zero-order valence-electron chi connectivity index (χ0n) is 8.96.